The minimum atomic E-state index is -0.338. The Bertz CT molecular complexity index is 636. The lowest BCUT2D eigenvalue weighted by molar-refractivity contribution is 0.102. The van der Waals surface area contributed by atoms with Crippen molar-refractivity contribution in [1.82, 2.24) is 9.97 Å². The van der Waals surface area contributed by atoms with Gasteiger partial charge in [0.05, 0.1) is 16.9 Å². The molecule has 2 aromatic heterocycles. The van der Waals surface area contributed by atoms with Crippen molar-refractivity contribution in [3.05, 3.63) is 51.5 Å². The first-order valence-corrected chi connectivity index (χ1v) is 7.05. The van der Waals surface area contributed by atoms with E-state index in [9.17, 15) is 4.79 Å². The monoisotopic (exact) mass is 354 g/mol. The van der Waals surface area contributed by atoms with Crippen LogP contribution in [-0.2, 0) is 6.42 Å². The predicted octanol–water partition coefficient (Wildman–Crippen LogP) is 2.65. The zero-order valence-corrected chi connectivity index (χ0v) is 12.8. The third kappa shape index (κ3) is 3.53. The second-order valence-corrected chi connectivity index (χ2v) is 5.26. The smallest absolute Gasteiger partial charge is 0.258 e. The molecule has 2 aromatic rings. The lowest BCUT2D eigenvalue weighted by Gasteiger charge is -2.10. The van der Waals surface area contributed by atoms with E-state index in [-0.39, 0.29) is 11.1 Å². The van der Waals surface area contributed by atoms with Gasteiger partial charge in [-0.05, 0) is 40.7 Å². The van der Waals surface area contributed by atoms with Crippen LogP contribution in [-0.4, -0.2) is 22.4 Å². The molecule has 0 aliphatic rings. The molecule has 0 spiro atoms. The van der Waals surface area contributed by atoms with Crippen LogP contribution in [0.1, 0.15) is 16.1 Å². The van der Waals surface area contributed by atoms with E-state index >= 15 is 0 Å². The molecule has 0 saturated carbocycles. The summed E-state index contributed by atoms with van der Waals surface area (Å²) in [6.07, 6.45) is 3.78. The molecule has 0 aliphatic heterocycles. The molecule has 0 saturated heterocycles. The number of amides is 1. The van der Waals surface area contributed by atoms with Gasteiger partial charge in [-0.15, -0.1) is 0 Å². The summed E-state index contributed by atoms with van der Waals surface area (Å²) in [4.78, 5) is 20.4. The molecule has 1 amide bonds. The molecule has 0 unspecified atom stereocenters. The highest BCUT2D eigenvalue weighted by atomic mass is 79.9. The van der Waals surface area contributed by atoms with Crippen molar-refractivity contribution >= 4 is 39.1 Å². The summed E-state index contributed by atoms with van der Waals surface area (Å²) in [5.41, 5.74) is 7.18. The Morgan fingerprint density at radius 3 is 3.00 bits per heavy atom. The third-order valence-corrected chi connectivity index (χ3v) is 3.30. The van der Waals surface area contributed by atoms with Crippen molar-refractivity contribution in [1.29, 1.82) is 0 Å². The van der Waals surface area contributed by atoms with Crippen LogP contribution in [0.3, 0.4) is 0 Å². The van der Waals surface area contributed by atoms with Gasteiger partial charge >= 0.3 is 0 Å². The molecule has 0 fully saturated rings. The first kappa shape index (κ1) is 14.9. The van der Waals surface area contributed by atoms with Gasteiger partial charge in [0.15, 0.2) is 0 Å². The Kier molecular flexibility index (Phi) is 5.05. The molecule has 0 atom stereocenters. The maximum atomic E-state index is 12.2. The molecule has 5 nitrogen and oxygen atoms in total. The molecule has 0 aliphatic carbocycles. The summed E-state index contributed by atoms with van der Waals surface area (Å²) in [6.45, 7) is 0.457. The fourth-order valence-corrected chi connectivity index (χ4v) is 2.18. The molecule has 2 rings (SSSR count). The normalized spacial score (nSPS) is 10.3. The zero-order chi connectivity index (χ0) is 14.5. The maximum Gasteiger partial charge on any atom is 0.258 e. The Balaban J connectivity index is 2.26. The molecule has 104 valence electrons. The van der Waals surface area contributed by atoms with Gasteiger partial charge in [0.25, 0.3) is 5.91 Å². The lowest BCUT2D eigenvalue weighted by Crippen LogP contribution is -2.16. The summed E-state index contributed by atoms with van der Waals surface area (Å²) < 4.78 is 0.681. The first-order valence-electron chi connectivity index (χ1n) is 5.88. The van der Waals surface area contributed by atoms with Gasteiger partial charge < -0.3 is 11.1 Å². The van der Waals surface area contributed by atoms with Crippen molar-refractivity contribution < 1.29 is 4.79 Å². The van der Waals surface area contributed by atoms with Crippen LogP contribution in [0.4, 0.5) is 5.69 Å². The Labute approximate surface area is 129 Å². The fourth-order valence-electron chi connectivity index (χ4n) is 1.66. The van der Waals surface area contributed by atoms with E-state index in [1.165, 1.54) is 6.20 Å². The summed E-state index contributed by atoms with van der Waals surface area (Å²) in [5.74, 6) is -0.338. The van der Waals surface area contributed by atoms with Crippen molar-refractivity contribution in [2.45, 2.75) is 6.42 Å². The summed E-state index contributed by atoms with van der Waals surface area (Å²) in [7, 11) is 0. The second-order valence-electron chi connectivity index (χ2n) is 3.98. The van der Waals surface area contributed by atoms with Gasteiger partial charge in [0.2, 0.25) is 0 Å². The van der Waals surface area contributed by atoms with Gasteiger partial charge in [-0.2, -0.15) is 0 Å². The van der Waals surface area contributed by atoms with E-state index in [1.54, 1.807) is 24.4 Å². The number of hydrogen-bond donors (Lipinski definition) is 2. The average molecular weight is 356 g/mol. The number of anilines is 1. The highest BCUT2D eigenvalue weighted by molar-refractivity contribution is 9.10. The van der Waals surface area contributed by atoms with Gasteiger partial charge in [0, 0.05) is 23.3 Å². The van der Waals surface area contributed by atoms with Gasteiger partial charge in [-0.3, -0.25) is 9.78 Å². The van der Waals surface area contributed by atoms with Gasteiger partial charge in [-0.1, -0.05) is 11.6 Å². The number of nitrogens with one attached hydrogen (secondary N) is 1. The first-order chi connectivity index (χ1) is 9.61. The van der Waals surface area contributed by atoms with Gasteiger partial charge in [0.1, 0.15) is 5.15 Å². The predicted molar refractivity (Wildman–Crippen MR) is 81.9 cm³/mol. The number of hydrogen-bond acceptors (Lipinski definition) is 4. The topological polar surface area (TPSA) is 80.9 Å². The number of carbonyl (C=O) groups excluding carboxylic acids is 1. The Hall–Kier alpha value is -1.50. The van der Waals surface area contributed by atoms with E-state index in [1.807, 2.05) is 0 Å². The standard InChI is InChI=1S/C13H12BrClN4O/c14-8-6-9(12(15)18-7-8)13(20)19-11-2-1-5-17-10(11)3-4-16/h1-2,5-7H,3-4,16H2,(H,19,20). The largest absolute Gasteiger partial charge is 0.330 e. The Morgan fingerprint density at radius 1 is 1.45 bits per heavy atom. The van der Waals surface area contributed by atoms with Crippen molar-refractivity contribution in [2.24, 2.45) is 5.73 Å². The molecule has 3 N–H and O–H groups in total. The number of pyridine rings is 2. The van der Waals surface area contributed by atoms with Crippen LogP contribution in [0.2, 0.25) is 5.15 Å². The maximum absolute atomic E-state index is 12.2. The van der Waals surface area contributed by atoms with Crippen LogP contribution in [0, 0.1) is 0 Å². The van der Waals surface area contributed by atoms with Crippen LogP contribution in [0.5, 0.6) is 0 Å². The lowest BCUT2D eigenvalue weighted by atomic mass is 10.2. The number of aromatic nitrogens is 2. The van der Waals surface area contributed by atoms with Gasteiger partial charge in [-0.25, -0.2) is 4.98 Å². The van der Waals surface area contributed by atoms with E-state index in [0.717, 1.165) is 5.69 Å². The van der Waals surface area contributed by atoms with E-state index < -0.39 is 0 Å². The zero-order valence-electron chi connectivity index (χ0n) is 10.4. The number of nitrogens with two attached hydrogens (primary N) is 1. The number of rotatable bonds is 4. The molecule has 20 heavy (non-hydrogen) atoms. The molecule has 0 radical (unpaired) electrons. The van der Waals surface area contributed by atoms with Crippen molar-refractivity contribution in [3.63, 3.8) is 0 Å². The molecular formula is C13H12BrClN4O. The minimum absolute atomic E-state index is 0.148. The summed E-state index contributed by atoms with van der Waals surface area (Å²) >= 11 is 9.19. The number of nitrogens with zero attached hydrogens (tertiary/aromatic N) is 2. The van der Waals surface area contributed by atoms with Crippen LogP contribution >= 0.6 is 27.5 Å². The van der Waals surface area contributed by atoms with E-state index in [4.69, 9.17) is 17.3 Å². The number of halogens is 2. The minimum Gasteiger partial charge on any atom is -0.330 e. The summed E-state index contributed by atoms with van der Waals surface area (Å²) in [5, 5.41) is 2.93. The molecular weight excluding hydrogens is 344 g/mol. The number of carbonyl (C=O) groups is 1. The summed E-state index contributed by atoms with van der Waals surface area (Å²) in [6, 6.07) is 5.13. The van der Waals surface area contributed by atoms with Crippen LogP contribution in [0.25, 0.3) is 0 Å². The third-order valence-electron chi connectivity index (χ3n) is 2.57. The van der Waals surface area contributed by atoms with Crippen LogP contribution in [0.15, 0.2) is 35.1 Å². The highest BCUT2D eigenvalue weighted by Gasteiger charge is 2.14. The van der Waals surface area contributed by atoms with E-state index in [0.29, 0.717) is 28.7 Å². The highest BCUT2D eigenvalue weighted by Crippen LogP contribution is 2.20. The van der Waals surface area contributed by atoms with Crippen molar-refractivity contribution in [2.75, 3.05) is 11.9 Å². The molecule has 0 aromatic carbocycles. The van der Waals surface area contributed by atoms with Crippen molar-refractivity contribution in [3.8, 4) is 0 Å². The van der Waals surface area contributed by atoms with E-state index in [2.05, 4.69) is 31.2 Å². The average Bonchev–Trinajstić information content (AvgIpc) is 2.44. The Morgan fingerprint density at radius 2 is 2.25 bits per heavy atom. The molecule has 2 heterocycles. The van der Waals surface area contributed by atoms with Crippen LogP contribution < -0.4 is 11.1 Å². The fraction of sp³-hybridized carbons (Fsp3) is 0.154. The second kappa shape index (κ2) is 6.78. The quantitative estimate of drug-likeness (QED) is 0.826. The SMILES string of the molecule is NCCc1ncccc1NC(=O)c1cc(Br)cnc1Cl. The molecule has 7 heteroatoms. The molecule has 0 bridgehead atoms.